The van der Waals surface area contributed by atoms with Gasteiger partial charge in [-0.1, -0.05) is 13.3 Å². The Bertz CT molecular complexity index is 309. The van der Waals surface area contributed by atoms with Crippen molar-refractivity contribution in [3.8, 4) is 0 Å². The van der Waals surface area contributed by atoms with Gasteiger partial charge in [0, 0.05) is 24.3 Å². The molecule has 90 valence electrons. The van der Waals surface area contributed by atoms with Gasteiger partial charge in [0.05, 0.1) is 0 Å². The fourth-order valence-corrected chi connectivity index (χ4v) is 1.85. The number of hydrogen-bond donors (Lipinski definition) is 1. The second-order valence-electron chi connectivity index (χ2n) is 4.26. The highest BCUT2D eigenvalue weighted by Gasteiger charge is 2.34. The van der Waals surface area contributed by atoms with E-state index in [4.69, 9.17) is 5.11 Å². The van der Waals surface area contributed by atoms with Crippen LogP contribution in [0, 0.1) is 5.92 Å². The Morgan fingerprint density at radius 2 is 1.69 bits per heavy atom. The second kappa shape index (κ2) is 5.25. The molecule has 1 rings (SSSR count). The molecule has 1 N–H and O–H groups in total. The first-order valence-electron chi connectivity index (χ1n) is 5.67. The van der Waals surface area contributed by atoms with Gasteiger partial charge >= 0.3 is 0 Å². The van der Waals surface area contributed by atoms with E-state index in [1.807, 2.05) is 6.92 Å². The minimum atomic E-state index is -0.182. The Hall–Kier alpha value is -1.16. The number of imide groups is 1. The van der Waals surface area contributed by atoms with Gasteiger partial charge in [-0.05, 0) is 26.2 Å². The third kappa shape index (κ3) is 2.32. The quantitative estimate of drug-likeness (QED) is 0.713. The van der Waals surface area contributed by atoms with E-state index in [9.17, 15) is 9.59 Å². The van der Waals surface area contributed by atoms with Gasteiger partial charge < -0.3 is 5.11 Å². The normalized spacial score (nSPS) is 18.6. The number of rotatable bonds is 5. The second-order valence-corrected chi connectivity index (χ2v) is 4.26. The molecular weight excluding hydrogens is 206 g/mol. The Labute approximate surface area is 95.9 Å². The fraction of sp³-hybridized carbons (Fsp3) is 0.667. The third-order valence-corrected chi connectivity index (χ3v) is 3.25. The molecule has 1 unspecified atom stereocenters. The lowest BCUT2D eigenvalue weighted by molar-refractivity contribution is -0.138. The van der Waals surface area contributed by atoms with Crippen molar-refractivity contribution in [3.63, 3.8) is 0 Å². The van der Waals surface area contributed by atoms with Crippen LogP contribution in [-0.2, 0) is 9.59 Å². The molecule has 4 nitrogen and oxygen atoms in total. The lowest BCUT2D eigenvalue weighted by Crippen LogP contribution is -2.36. The molecule has 0 spiro atoms. The summed E-state index contributed by atoms with van der Waals surface area (Å²) in [4.78, 5) is 24.8. The standard InChI is InChI=1S/C12H19NO3/c1-4-10(5-6-14)7-13-11(15)8(2)9(3)12(13)16/h10,14H,4-7H2,1-3H3. The monoisotopic (exact) mass is 225 g/mol. The average molecular weight is 225 g/mol. The van der Waals surface area contributed by atoms with Crippen LogP contribution < -0.4 is 0 Å². The Balaban J connectivity index is 2.70. The van der Waals surface area contributed by atoms with Crippen LogP contribution in [0.5, 0.6) is 0 Å². The molecule has 1 atom stereocenters. The number of aliphatic hydroxyl groups excluding tert-OH is 1. The van der Waals surface area contributed by atoms with Gasteiger partial charge in [0.1, 0.15) is 0 Å². The number of amides is 2. The maximum Gasteiger partial charge on any atom is 0.256 e. The average Bonchev–Trinajstić information content (AvgIpc) is 2.46. The lowest BCUT2D eigenvalue weighted by Gasteiger charge is -2.21. The zero-order chi connectivity index (χ0) is 12.3. The van der Waals surface area contributed by atoms with Gasteiger partial charge in [-0.15, -0.1) is 0 Å². The summed E-state index contributed by atoms with van der Waals surface area (Å²) in [6.45, 7) is 5.88. The first-order valence-corrected chi connectivity index (χ1v) is 5.67. The molecule has 0 aromatic rings. The molecule has 0 aromatic carbocycles. The van der Waals surface area contributed by atoms with E-state index in [-0.39, 0.29) is 24.3 Å². The van der Waals surface area contributed by atoms with E-state index < -0.39 is 0 Å². The maximum atomic E-state index is 11.8. The van der Waals surface area contributed by atoms with Crippen molar-refractivity contribution < 1.29 is 14.7 Å². The predicted molar refractivity (Wildman–Crippen MR) is 60.6 cm³/mol. The van der Waals surface area contributed by atoms with Crippen molar-refractivity contribution in [1.82, 2.24) is 4.90 Å². The smallest absolute Gasteiger partial charge is 0.256 e. The van der Waals surface area contributed by atoms with Crippen molar-refractivity contribution in [2.75, 3.05) is 13.2 Å². The molecule has 0 saturated heterocycles. The first-order chi connectivity index (χ1) is 7.52. The highest BCUT2D eigenvalue weighted by atomic mass is 16.3. The first kappa shape index (κ1) is 12.9. The summed E-state index contributed by atoms with van der Waals surface area (Å²) < 4.78 is 0. The maximum absolute atomic E-state index is 11.8. The van der Waals surface area contributed by atoms with Crippen LogP contribution in [0.3, 0.4) is 0 Å². The fourth-order valence-electron chi connectivity index (χ4n) is 1.85. The molecule has 1 aliphatic rings. The molecule has 0 aliphatic carbocycles. The lowest BCUT2D eigenvalue weighted by atomic mass is 10.0. The van der Waals surface area contributed by atoms with Gasteiger partial charge in [-0.25, -0.2) is 0 Å². The zero-order valence-electron chi connectivity index (χ0n) is 10.1. The Kier molecular flexibility index (Phi) is 4.24. The van der Waals surface area contributed by atoms with Crippen LogP contribution in [0.25, 0.3) is 0 Å². The van der Waals surface area contributed by atoms with Crippen LogP contribution in [0.15, 0.2) is 11.1 Å². The predicted octanol–water partition coefficient (Wildman–Crippen LogP) is 1.10. The molecule has 1 aliphatic heterocycles. The number of nitrogens with zero attached hydrogens (tertiary/aromatic N) is 1. The van der Waals surface area contributed by atoms with Crippen LogP contribution in [-0.4, -0.2) is 35.0 Å². The SMILES string of the molecule is CCC(CCO)CN1C(=O)C(C)=C(C)C1=O. The highest BCUT2D eigenvalue weighted by molar-refractivity contribution is 6.18. The van der Waals surface area contributed by atoms with Crippen LogP contribution in [0.1, 0.15) is 33.6 Å². The largest absolute Gasteiger partial charge is 0.396 e. The molecule has 2 amide bonds. The van der Waals surface area contributed by atoms with Gasteiger partial charge in [0.2, 0.25) is 0 Å². The molecule has 0 aromatic heterocycles. The molecule has 0 radical (unpaired) electrons. The summed E-state index contributed by atoms with van der Waals surface area (Å²) in [5.41, 5.74) is 1.09. The summed E-state index contributed by atoms with van der Waals surface area (Å²) in [5.74, 6) is -0.172. The molecule has 1 heterocycles. The van der Waals surface area contributed by atoms with Gasteiger partial charge in [0.15, 0.2) is 0 Å². The van der Waals surface area contributed by atoms with E-state index in [2.05, 4.69) is 0 Å². The van der Waals surface area contributed by atoms with E-state index in [1.54, 1.807) is 13.8 Å². The topological polar surface area (TPSA) is 57.6 Å². The zero-order valence-corrected chi connectivity index (χ0v) is 10.1. The summed E-state index contributed by atoms with van der Waals surface area (Å²) in [7, 11) is 0. The molecule has 0 fully saturated rings. The van der Waals surface area contributed by atoms with Crippen molar-refractivity contribution in [2.24, 2.45) is 5.92 Å². The molecular formula is C12H19NO3. The number of carbonyl (C=O) groups excluding carboxylic acids is 2. The minimum Gasteiger partial charge on any atom is -0.396 e. The molecule has 16 heavy (non-hydrogen) atoms. The van der Waals surface area contributed by atoms with E-state index in [1.165, 1.54) is 4.90 Å². The minimum absolute atomic E-state index is 0.0973. The van der Waals surface area contributed by atoms with Gasteiger partial charge in [0.25, 0.3) is 11.8 Å². The van der Waals surface area contributed by atoms with Gasteiger partial charge in [-0.2, -0.15) is 0 Å². The van der Waals surface area contributed by atoms with E-state index in [0.717, 1.165) is 6.42 Å². The van der Waals surface area contributed by atoms with Gasteiger partial charge in [-0.3, -0.25) is 14.5 Å². The highest BCUT2D eigenvalue weighted by Crippen LogP contribution is 2.22. The van der Waals surface area contributed by atoms with Crippen molar-refractivity contribution in [2.45, 2.75) is 33.6 Å². The molecule has 4 heteroatoms. The van der Waals surface area contributed by atoms with Crippen LogP contribution >= 0.6 is 0 Å². The van der Waals surface area contributed by atoms with Crippen molar-refractivity contribution in [3.05, 3.63) is 11.1 Å². The summed E-state index contributed by atoms with van der Waals surface area (Å²) in [6, 6.07) is 0. The summed E-state index contributed by atoms with van der Waals surface area (Å²) in [6.07, 6.45) is 1.49. The summed E-state index contributed by atoms with van der Waals surface area (Å²) in [5, 5.41) is 8.88. The van der Waals surface area contributed by atoms with Crippen LogP contribution in [0.2, 0.25) is 0 Å². The Morgan fingerprint density at radius 1 is 1.19 bits per heavy atom. The molecule has 0 bridgehead atoms. The van der Waals surface area contributed by atoms with Crippen molar-refractivity contribution in [1.29, 1.82) is 0 Å². The molecule has 0 saturated carbocycles. The number of aliphatic hydroxyl groups is 1. The van der Waals surface area contributed by atoms with Crippen molar-refractivity contribution >= 4 is 11.8 Å². The Morgan fingerprint density at radius 3 is 2.06 bits per heavy atom. The number of carbonyl (C=O) groups is 2. The van der Waals surface area contributed by atoms with E-state index in [0.29, 0.717) is 24.1 Å². The summed E-state index contributed by atoms with van der Waals surface area (Å²) >= 11 is 0. The number of hydrogen-bond acceptors (Lipinski definition) is 3. The van der Waals surface area contributed by atoms with E-state index >= 15 is 0 Å². The third-order valence-electron chi connectivity index (χ3n) is 3.25. The van der Waals surface area contributed by atoms with Crippen LogP contribution in [0.4, 0.5) is 0 Å².